The molecule has 0 aliphatic rings. The molecule has 0 saturated carbocycles. The second-order valence-electron chi connectivity index (χ2n) is 6.40. The van der Waals surface area contributed by atoms with Crippen LogP contribution in [-0.4, -0.2) is 28.8 Å². The lowest BCUT2D eigenvalue weighted by Gasteiger charge is -2.08. The van der Waals surface area contributed by atoms with Gasteiger partial charge in [0.2, 0.25) is 0 Å². The summed E-state index contributed by atoms with van der Waals surface area (Å²) in [6.07, 6.45) is -4.45. The Kier molecular flexibility index (Phi) is 6.60. The standard InChI is InChI=1S/C22H17F4N3O2/c1-29-20(14-19(28-29)15-7-9-17(23)10-8-15)21(30)27-11-2-3-12-31-18-6-4-5-16(13-18)22(24,25)26/h4-10,13-14H,11-12H2,1H3,(H,27,30). The number of nitrogens with zero attached hydrogens (tertiary/aromatic N) is 2. The number of amides is 1. The maximum absolute atomic E-state index is 13.0. The number of nitrogens with one attached hydrogen (secondary N) is 1. The van der Waals surface area contributed by atoms with Gasteiger partial charge in [0.25, 0.3) is 5.91 Å². The lowest BCUT2D eigenvalue weighted by molar-refractivity contribution is -0.137. The Labute approximate surface area is 175 Å². The van der Waals surface area contributed by atoms with Crippen molar-refractivity contribution in [2.45, 2.75) is 6.18 Å². The maximum atomic E-state index is 13.0. The molecule has 0 aliphatic carbocycles. The largest absolute Gasteiger partial charge is 0.481 e. The Morgan fingerprint density at radius 3 is 2.58 bits per heavy atom. The molecule has 0 atom stereocenters. The lowest BCUT2D eigenvalue weighted by atomic mass is 10.1. The van der Waals surface area contributed by atoms with Crippen molar-refractivity contribution in [3.05, 3.63) is 71.7 Å². The molecule has 0 radical (unpaired) electrons. The molecular weight excluding hydrogens is 414 g/mol. The topological polar surface area (TPSA) is 56.2 Å². The predicted molar refractivity (Wildman–Crippen MR) is 106 cm³/mol. The molecule has 0 spiro atoms. The van der Waals surface area contributed by atoms with Crippen molar-refractivity contribution in [2.24, 2.45) is 7.05 Å². The molecule has 31 heavy (non-hydrogen) atoms. The van der Waals surface area contributed by atoms with Crippen LogP contribution >= 0.6 is 0 Å². The molecule has 0 saturated heterocycles. The molecule has 2 aromatic carbocycles. The minimum absolute atomic E-state index is 0.0157. The molecule has 0 aliphatic heterocycles. The van der Waals surface area contributed by atoms with Gasteiger partial charge in [-0.05, 0) is 48.5 Å². The molecule has 0 fully saturated rings. The third-order valence-corrected chi connectivity index (χ3v) is 4.19. The number of benzene rings is 2. The first-order valence-corrected chi connectivity index (χ1v) is 9.08. The smallest absolute Gasteiger partial charge is 0.416 e. The summed E-state index contributed by atoms with van der Waals surface area (Å²) in [6.45, 7) is -0.112. The Balaban J connectivity index is 1.51. The Morgan fingerprint density at radius 2 is 1.87 bits per heavy atom. The number of halogens is 4. The number of carbonyl (C=O) groups excluding carboxylic acids is 1. The van der Waals surface area contributed by atoms with Gasteiger partial charge in [-0.2, -0.15) is 18.3 Å². The molecule has 160 valence electrons. The van der Waals surface area contributed by atoms with Crippen LogP contribution in [0.3, 0.4) is 0 Å². The second kappa shape index (κ2) is 9.34. The highest BCUT2D eigenvalue weighted by atomic mass is 19.4. The fourth-order valence-corrected chi connectivity index (χ4v) is 2.65. The zero-order chi connectivity index (χ0) is 22.4. The number of rotatable bonds is 5. The van der Waals surface area contributed by atoms with Crippen molar-refractivity contribution in [3.63, 3.8) is 0 Å². The predicted octanol–water partition coefficient (Wildman–Crippen LogP) is 4.06. The summed E-state index contributed by atoms with van der Waals surface area (Å²) in [6, 6.07) is 11.8. The molecule has 0 bridgehead atoms. The summed E-state index contributed by atoms with van der Waals surface area (Å²) >= 11 is 0. The number of alkyl halides is 3. The molecular formula is C22H17F4N3O2. The fraction of sp³-hybridized carbons (Fsp3) is 0.182. The van der Waals surface area contributed by atoms with E-state index in [1.165, 1.54) is 28.9 Å². The average Bonchev–Trinajstić information content (AvgIpc) is 3.12. The van der Waals surface area contributed by atoms with E-state index in [2.05, 4.69) is 22.3 Å². The first-order chi connectivity index (χ1) is 14.7. The summed E-state index contributed by atoms with van der Waals surface area (Å²) in [5.74, 6) is 4.57. The van der Waals surface area contributed by atoms with Crippen molar-refractivity contribution < 1.29 is 27.1 Å². The molecule has 1 aromatic heterocycles. The van der Waals surface area contributed by atoms with Crippen LogP contribution in [0.15, 0.2) is 54.6 Å². The third kappa shape index (κ3) is 5.85. The van der Waals surface area contributed by atoms with E-state index >= 15 is 0 Å². The van der Waals surface area contributed by atoms with E-state index in [0.29, 0.717) is 17.0 Å². The van der Waals surface area contributed by atoms with Crippen LogP contribution in [-0.2, 0) is 13.2 Å². The second-order valence-corrected chi connectivity index (χ2v) is 6.40. The van der Waals surface area contributed by atoms with Crippen molar-refractivity contribution in [1.29, 1.82) is 0 Å². The maximum Gasteiger partial charge on any atom is 0.416 e. The van der Waals surface area contributed by atoms with E-state index in [9.17, 15) is 22.4 Å². The van der Waals surface area contributed by atoms with Gasteiger partial charge in [0.1, 0.15) is 23.9 Å². The zero-order valence-electron chi connectivity index (χ0n) is 16.3. The molecule has 1 N–H and O–H groups in total. The van der Waals surface area contributed by atoms with Crippen molar-refractivity contribution in [1.82, 2.24) is 15.1 Å². The van der Waals surface area contributed by atoms with Crippen molar-refractivity contribution >= 4 is 5.91 Å². The molecule has 3 aromatic rings. The SMILES string of the molecule is Cn1nc(-c2ccc(F)cc2)cc1C(=O)NCC#CCOc1cccc(C(F)(F)F)c1. The van der Waals surface area contributed by atoms with Crippen LogP contribution in [0, 0.1) is 17.7 Å². The van der Waals surface area contributed by atoms with E-state index in [4.69, 9.17) is 4.74 Å². The van der Waals surface area contributed by atoms with Crippen LogP contribution in [0.25, 0.3) is 11.3 Å². The van der Waals surface area contributed by atoms with Gasteiger partial charge in [-0.15, -0.1) is 0 Å². The number of carbonyl (C=O) groups is 1. The third-order valence-electron chi connectivity index (χ3n) is 4.19. The van der Waals surface area contributed by atoms with Crippen LogP contribution < -0.4 is 10.1 Å². The molecule has 5 nitrogen and oxygen atoms in total. The van der Waals surface area contributed by atoms with E-state index in [1.54, 1.807) is 25.2 Å². The summed E-state index contributed by atoms with van der Waals surface area (Å²) in [7, 11) is 1.61. The number of ether oxygens (including phenoxy) is 1. The highest BCUT2D eigenvalue weighted by Crippen LogP contribution is 2.31. The van der Waals surface area contributed by atoms with Gasteiger partial charge in [-0.1, -0.05) is 17.9 Å². The first-order valence-electron chi connectivity index (χ1n) is 9.08. The highest BCUT2D eigenvalue weighted by molar-refractivity contribution is 5.93. The Morgan fingerprint density at radius 1 is 1.13 bits per heavy atom. The molecule has 3 rings (SSSR count). The summed E-state index contributed by atoms with van der Waals surface area (Å²) in [5.41, 5.74) is 0.679. The highest BCUT2D eigenvalue weighted by Gasteiger charge is 2.30. The zero-order valence-corrected chi connectivity index (χ0v) is 16.3. The summed E-state index contributed by atoms with van der Waals surface area (Å²) in [4.78, 5) is 12.3. The van der Waals surface area contributed by atoms with Gasteiger partial charge in [0, 0.05) is 12.6 Å². The van der Waals surface area contributed by atoms with E-state index in [-0.39, 0.29) is 24.7 Å². The van der Waals surface area contributed by atoms with Crippen molar-refractivity contribution in [3.8, 4) is 28.8 Å². The fourth-order valence-electron chi connectivity index (χ4n) is 2.65. The summed E-state index contributed by atoms with van der Waals surface area (Å²) in [5, 5.41) is 6.85. The van der Waals surface area contributed by atoms with E-state index in [0.717, 1.165) is 12.1 Å². The quantitative estimate of drug-likeness (QED) is 0.490. The van der Waals surface area contributed by atoms with Gasteiger partial charge in [0.05, 0.1) is 17.8 Å². The minimum Gasteiger partial charge on any atom is -0.481 e. The van der Waals surface area contributed by atoms with Crippen LogP contribution in [0.2, 0.25) is 0 Å². The number of hydrogen-bond donors (Lipinski definition) is 1. The first kappa shape index (κ1) is 21.9. The van der Waals surface area contributed by atoms with Crippen LogP contribution in [0.5, 0.6) is 5.75 Å². The van der Waals surface area contributed by atoms with E-state index < -0.39 is 17.6 Å². The van der Waals surface area contributed by atoms with Gasteiger partial charge in [-0.25, -0.2) is 4.39 Å². The van der Waals surface area contributed by atoms with Crippen LogP contribution in [0.4, 0.5) is 17.6 Å². The number of aryl methyl sites for hydroxylation is 1. The number of hydrogen-bond acceptors (Lipinski definition) is 3. The minimum atomic E-state index is -4.45. The molecule has 0 unspecified atom stereocenters. The number of aromatic nitrogens is 2. The monoisotopic (exact) mass is 431 g/mol. The van der Waals surface area contributed by atoms with Gasteiger partial charge in [0.15, 0.2) is 0 Å². The molecule has 9 heteroatoms. The molecule has 1 amide bonds. The van der Waals surface area contributed by atoms with Gasteiger partial charge in [-0.3, -0.25) is 9.48 Å². The van der Waals surface area contributed by atoms with Crippen molar-refractivity contribution in [2.75, 3.05) is 13.2 Å². The Hall–Kier alpha value is -3.80. The van der Waals surface area contributed by atoms with Crippen LogP contribution in [0.1, 0.15) is 16.1 Å². The lowest BCUT2D eigenvalue weighted by Crippen LogP contribution is -2.25. The average molecular weight is 431 g/mol. The van der Waals surface area contributed by atoms with E-state index in [1.807, 2.05) is 0 Å². The Bertz CT molecular complexity index is 1130. The van der Waals surface area contributed by atoms with Gasteiger partial charge >= 0.3 is 6.18 Å². The molecule has 1 heterocycles. The van der Waals surface area contributed by atoms with Gasteiger partial charge < -0.3 is 10.1 Å². The normalized spacial score (nSPS) is 10.9. The summed E-state index contributed by atoms with van der Waals surface area (Å²) < 4.78 is 57.6.